The third-order valence-corrected chi connectivity index (χ3v) is 3.04. The molecule has 2 N–H and O–H groups in total. The molecule has 0 unspecified atom stereocenters. The Kier molecular flexibility index (Phi) is 3.27. The van der Waals surface area contributed by atoms with E-state index in [-0.39, 0.29) is 5.56 Å². The van der Waals surface area contributed by atoms with Crippen molar-refractivity contribution in [2.24, 2.45) is 0 Å². The fraction of sp³-hybridized carbons (Fsp3) is 0.133. The molecule has 6 heteroatoms. The highest BCUT2D eigenvalue weighted by Gasteiger charge is 2.11. The maximum Gasteiger partial charge on any atom is 0.336 e. The first-order valence-corrected chi connectivity index (χ1v) is 6.42. The summed E-state index contributed by atoms with van der Waals surface area (Å²) >= 11 is 0. The van der Waals surface area contributed by atoms with E-state index < -0.39 is 5.97 Å². The van der Waals surface area contributed by atoms with Crippen LogP contribution in [0.4, 0.5) is 5.82 Å². The van der Waals surface area contributed by atoms with Gasteiger partial charge in [-0.05, 0) is 19.1 Å². The Morgan fingerprint density at radius 1 is 1.38 bits per heavy atom. The van der Waals surface area contributed by atoms with Gasteiger partial charge in [0.2, 0.25) is 5.89 Å². The van der Waals surface area contributed by atoms with E-state index in [2.05, 4.69) is 15.3 Å². The van der Waals surface area contributed by atoms with Crippen molar-refractivity contribution in [2.75, 3.05) is 5.32 Å². The number of benzene rings is 1. The third kappa shape index (κ3) is 2.69. The summed E-state index contributed by atoms with van der Waals surface area (Å²) < 4.78 is 5.35. The molecule has 0 amide bonds. The van der Waals surface area contributed by atoms with Crippen LogP contribution in [-0.4, -0.2) is 21.0 Å². The maximum absolute atomic E-state index is 11.4. The Bertz CT molecular complexity index is 811. The number of aromatic nitrogens is 2. The lowest BCUT2D eigenvalue weighted by molar-refractivity contribution is 0.0699. The molecular formula is C15H13N3O3. The molecule has 0 radical (unpaired) electrons. The van der Waals surface area contributed by atoms with Crippen LogP contribution in [0.1, 0.15) is 22.0 Å². The number of oxazole rings is 1. The predicted octanol–water partition coefficient (Wildman–Crippen LogP) is 2.84. The van der Waals surface area contributed by atoms with Crippen LogP contribution in [0.2, 0.25) is 0 Å². The molecule has 2 aromatic heterocycles. The Morgan fingerprint density at radius 3 is 2.90 bits per heavy atom. The SMILES string of the molecule is Cc1cnc(CNc2cc(C(=O)O)c3ccccc3n2)o1. The number of aryl methyl sites for hydroxylation is 1. The number of hydrogen-bond acceptors (Lipinski definition) is 5. The summed E-state index contributed by atoms with van der Waals surface area (Å²) in [5, 5.41) is 13.0. The summed E-state index contributed by atoms with van der Waals surface area (Å²) in [6.07, 6.45) is 1.63. The smallest absolute Gasteiger partial charge is 0.336 e. The van der Waals surface area contributed by atoms with E-state index in [4.69, 9.17) is 4.42 Å². The fourth-order valence-corrected chi connectivity index (χ4v) is 2.09. The molecule has 0 aliphatic carbocycles. The van der Waals surface area contributed by atoms with Gasteiger partial charge in [0.1, 0.15) is 11.6 Å². The molecule has 21 heavy (non-hydrogen) atoms. The second-order valence-electron chi connectivity index (χ2n) is 4.60. The number of carbonyl (C=O) groups is 1. The molecule has 106 valence electrons. The molecule has 0 fully saturated rings. The highest BCUT2D eigenvalue weighted by molar-refractivity contribution is 6.03. The summed E-state index contributed by atoms with van der Waals surface area (Å²) in [5.41, 5.74) is 0.843. The van der Waals surface area contributed by atoms with E-state index in [0.717, 1.165) is 5.76 Å². The van der Waals surface area contributed by atoms with Gasteiger partial charge in [-0.1, -0.05) is 18.2 Å². The van der Waals surface area contributed by atoms with Crippen LogP contribution >= 0.6 is 0 Å². The Hall–Kier alpha value is -2.89. The van der Waals surface area contributed by atoms with Gasteiger partial charge in [0.15, 0.2) is 0 Å². The minimum atomic E-state index is -0.983. The monoisotopic (exact) mass is 283 g/mol. The molecule has 3 rings (SSSR count). The van der Waals surface area contributed by atoms with E-state index in [1.54, 1.807) is 24.4 Å². The van der Waals surface area contributed by atoms with Gasteiger partial charge < -0.3 is 14.8 Å². The van der Waals surface area contributed by atoms with Crippen molar-refractivity contribution in [3.8, 4) is 0 Å². The van der Waals surface area contributed by atoms with Crippen molar-refractivity contribution < 1.29 is 14.3 Å². The van der Waals surface area contributed by atoms with Crippen molar-refractivity contribution in [2.45, 2.75) is 13.5 Å². The van der Waals surface area contributed by atoms with E-state index >= 15 is 0 Å². The van der Waals surface area contributed by atoms with Crippen LogP contribution in [0.25, 0.3) is 10.9 Å². The molecule has 6 nitrogen and oxygen atoms in total. The zero-order chi connectivity index (χ0) is 14.8. The lowest BCUT2D eigenvalue weighted by Crippen LogP contribution is -2.05. The highest BCUT2D eigenvalue weighted by Crippen LogP contribution is 2.21. The van der Waals surface area contributed by atoms with Crippen LogP contribution in [0.3, 0.4) is 0 Å². The fourth-order valence-electron chi connectivity index (χ4n) is 2.09. The van der Waals surface area contributed by atoms with Crippen molar-refractivity contribution in [1.82, 2.24) is 9.97 Å². The number of para-hydroxylation sites is 1. The molecule has 3 aromatic rings. The Labute approximate surface area is 120 Å². The summed E-state index contributed by atoms with van der Waals surface area (Å²) in [7, 11) is 0. The molecule has 0 spiro atoms. The number of rotatable bonds is 4. The van der Waals surface area contributed by atoms with Gasteiger partial charge in [-0.2, -0.15) is 0 Å². The van der Waals surface area contributed by atoms with Crippen LogP contribution in [0, 0.1) is 6.92 Å². The number of nitrogens with one attached hydrogen (secondary N) is 1. The van der Waals surface area contributed by atoms with E-state index in [0.29, 0.717) is 29.2 Å². The summed E-state index contributed by atoms with van der Waals surface area (Å²) in [6, 6.07) is 8.65. The lowest BCUT2D eigenvalue weighted by atomic mass is 10.1. The van der Waals surface area contributed by atoms with Crippen LogP contribution in [0.5, 0.6) is 0 Å². The zero-order valence-corrected chi connectivity index (χ0v) is 11.3. The molecule has 0 saturated heterocycles. The van der Waals surface area contributed by atoms with Gasteiger partial charge in [-0.3, -0.25) is 0 Å². The van der Waals surface area contributed by atoms with E-state index in [1.807, 2.05) is 13.0 Å². The van der Waals surface area contributed by atoms with Gasteiger partial charge >= 0.3 is 5.97 Å². The molecule has 0 saturated carbocycles. The number of carboxylic acid groups (broad SMARTS) is 1. The number of hydrogen-bond donors (Lipinski definition) is 2. The summed E-state index contributed by atoms with van der Waals surface area (Å²) in [4.78, 5) is 19.8. The van der Waals surface area contributed by atoms with Crippen LogP contribution in [-0.2, 0) is 6.54 Å². The van der Waals surface area contributed by atoms with Gasteiger partial charge in [-0.15, -0.1) is 0 Å². The maximum atomic E-state index is 11.4. The van der Waals surface area contributed by atoms with Gasteiger partial charge in [0.05, 0.1) is 23.8 Å². The van der Waals surface area contributed by atoms with Gasteiger partial charge in [0.25, 0.3) is 0 Å². The van der Waals surface area contributed by atoms with Gasteiger partial charge in [0, 0.05) is 5.39 Å². The zero-order valence-electron chi connectivity index (χ0n) is 11.3. The average molecular weight is 283 g/mol. The largest absolute Gasteiger partial charge is 0.478 e. The first-order valence-electron chi connectivity index (χ1n) is 6.42. The molecule has 0 atom stereocenters. The third-order valence-electron chi connectivity index (χ3n) is 3.04. The molecule has 1 aromatic carbocycles. The molecule has 0 aliphatic rings. The number of aromatic carboxylic acids is 1. The minimum Gasteiger partial charge on any atom is -0.478 e. The number of anilines is 1. The molecule has 0 aliphatic heterocycles. The average Bonchev–Trinajstić information content (AvgIpc) is 2.89. The molecular weight excluding hydrogens is 270 g/mol. The number of nitrogens with zero attached hydrogens (tertiary/aromatic N) is 2. The Balaban J connectivity index is 1.93. The minimum absolute atomic E-state index is 0.215. The quantitative estimate of drug-likeness (QED) is 0.765. The van der Waals surface area contributed by atoms with E-state index in [9.17, 15) is 9.90 Å². The Morgan fingerprint density at radius 2 is 2.19 bits per heavy atom. The lowest BCUT2D eigenvalue weighted by Gasteiger charge is -2.07. The first kappa shape index (κ1) is 13.1. The highest BCUT2D eigenvalue weighted by atomic mass is 16.4. The van der Waals surface area contributed by atoms with Crippen molar-refractivity contribution in [3.05, 3.63) is 53.7 Å². The standard InChI is InChI=1S/C15H13N3O3/c1-9-7-17-14(21-9)8-16-13-6-11(15(19)20)10-4-2-3-5-12(10)18-13/h2-7H,8H2,1H3,(H,16,18)(H,19,20). The molecule has 0 bridgehead atoms. The second-order valence-corrected chi connectivity index (χ2v) is 4.60. The van der Waals surface area contributed by atoms with Crippen molar-refractivity contribution in [3.63, 3.8) is 0 Å². The second kappa shape index (κ2) is 5.24. The van der Waals surface area contributed by atoms with Crippen molar-refractivity contribution >= 4 is 22.7 Å². The first-order chi connectivity index (χ1) is 10.1. The van der Waals surface area contributed by atoms with Gasteiger partial charge in [-0.25, -0.2) is 14.8 Å². The topological polar surface area (TPSA) is 88.2 Å². The number of fused-ring (bicyclic) bond motifs is 1. The van der Waals surface area contributed by atoms with Crippen LogP contribution < -0.4 is 5.32 Å². The number of pyridine rings is 1. The summed E-state index contributed by atoms with van der Waals surface area (Å²) in [6.45, 7) is 2.16. The van der Waals surface area contributed by atoms with E-state index in [1.165, 1.54) is 6.07 Å². The van der Waals surface area contributed by atoms with Crippen LogP contribution in [0.15, 0.2) is 40.9 Å². The number of carboxylic acids is 1. The summed E-state index contributed by atoms with van der Waals surface area (Å²) in [5.74, 6) is 0.745. The normalized spacial score (nSPS) is 10.7. The molecule has 2 heterocycles. The predicted molar refractivity (Wildman–Crippen MR) is 77.3 cm³/mol. The van der Waals surface area contributed by atoms with Crippen molar-refractivity contribution in [1.29, 1.82) is 0 Å².